The minimum atomic E-state index is -0.137. The summed E-state index contributed by atoms with van der Waals surface area (Å²) in [5.74, 6) is 0. The van der Waals surface area contributed by atoms with Crippen LogP contribution >= 0.6 is 11.6 Å². The number of aryl methyl sites for hydroxylation is 3. The average molecular weight is 355 g/mol. The van der Waals surface area contributed by atoms with Crippen LogP contribution in [-0.2, 0) is 0 Å². The first-order valence-corrected chi connectivity index (χ1v) is 8.27. The highest BCUT2D eigenvalue weighted by molar-refractivity contribution is 6.30. The summed E-state index contributed by atoms with van der Waals surface area (Å²) in [5, 5.41) is 7.91. The van der Waals surface area contributed by atoms with Gasteiger partial charge in [0.05, 0.1) is 23.2 Å². The van der Waals surface area contributed by atoms with Gasteiger partial charge in [-0.15, -0.1) is 0 Å². The Morgan fingerprint density at radius 3 is 2.48 bits per heavy atom. The van der Waals surface area contributed by atoms with Crippen molar-refractivity contribution in [2.24, 2.45) is 5.10 Å². The summed E-state index contributed by atoms with van der Waals surface area (Å²) < 4.78 is 1.53. The maximum Gasteiger partial charge on any atom is 0.280 e. The number of nitrogens with zero attached hydrogens (tertiary/aromatic N) is 2. The summed E-state index contributed by atoms with van der Waals surface area (Å²) >= 11 is 5.85. The van der Waals surface area contributed by atoms with Crippen molar-refractivity contribution < 1.29 is 0 Å². The van der Waals surface area contributed by atoms with Crippen LogP contribution in [0.2, 0.25) is 5.02 Å². The second-order valence-electron chi connectivity index (χ2n) is 5.94. The summed E-state index contributed by atoms with van der Waals surface area (Å²) in [6.45, 7) is 5.92. The number of aromatic nitrogens is 2. The molecule has 0 aliphatic heterocycles. The van der Waals surface area contributed by atoms with E-state index < -0.39 is 0 Å². The van der Waals surface area contributed by atoms with E-state index in [4.69, 9.17) is 11.6 Å². The lowest BCUT2D eigenvalue weighted by Gasteiger charge is -2.05. The zero-order valence-electron chi connectivity index (χ0n) is 14.3. The molecular formula is C19H19ClN4O. The highest BCUT2D eigenvalue weighted by Crippen LogP contribution is 2.14. The Morgan fingerprint density at radius 1 is 1.08 bits per heavy atom. The fourth-order valence-corrected chi connectivity index (χ4v) is 2.58. The third-order valence-electron chi connectivity index (χ3n) is 4.10. The van der Waals surface area contributed by atoms with Crippen LogP contribution in [0.3, 0.4) is 0 Å². The van der Waals surface area contributed by atoms with Crippen molar-refractivity contribution in [1.82, 2.24) is 9.78 Å². The summed E-state index contributed by atoms with van der Waals surface area (Å²) in [6, 6.07) is 13.1. The summed E-state index contributed by atoms with van der Waals surface area (Å²) in [5.41, 5.74) is 7.95. The van der Waals surface area contributed by atoms with Gasteiger partial charge < -0.3 is 0 Å². The molecule has 0 aliphatic rings. The van der Waals surface area contributed by atoms with Crippen LogP contribution in [0.5, 0.6) is 0 Å². The molecule has 3 aromatic rings. The molecular weight excluding hydrogens is 336 g/mol. The van der Waals surface area contributed by atoms with Crippen LogP contribution in [0.4, 0.5) is 5.69 Å². The van der Waals surface area contributed by atoms with E-state index in [1.165, 1.54) is 16.5 Å². The predicted molar refractivity (Wildman–Crippen MR) is 103 cm³/mol. The lowest BCUT2D eigenvalue weighted by molar-refractivity contribution is 0.833. The van der Waals surface area contributed by atoms with Crippen LogP contribution < -0.4 is 11.0 Å². The summed E-state index contributed by atoms with van der Waals surface area (Å²) in [6.07, 6.45) is 1.53. The quantitative estimate of drug-likeness (QED) is 0.545. The Bertz CT molecular complexity index is 984. The van der Waals surface area contributed by atoms with Crippen molar-refractivity contribution in [3.63, 3.8) is 0 Å². The number of anilines is 1. The van der Waals surface area contributed by atoms with Gasteiger partial charge in [-0.2, -0.15) is 5.10 Å². The molecule has 0 saturated carbocycles. The van der Waals surface area contributed by atoms with Gasteiger partial charge in [0, 0.05) is 10.7 Å². The van der Waals surface area contributed by atoms with E-state index in [-0.39, 0.29) is 5.56 Å². The van der Waals surface area contributed by atoms with E-state index in [1.54, 1.807) is 12.1 Å². The molecule has 25 heavy (non-hydrogen) atoms. The summed E-state index contributed by atoms with van der Waals surface area (Å²) in [7, 11) is 0. The average Bonchev–Trinajstić information content (AvgIpc) is 2.87. The second-order valence-corrected chi connectivity index (χ2v) is 6.37. The number of hydrogen-bond donors (Lipinski definition) is 2. The van der Waals surface area contributed by atoms with E-state index in [1.807, 2.05) is 51.1 Å². The normalized spacial score (nSPS) is 11.2. The number of H-pyrrole nitrogens is 1. The Labute approximate surface area is 150 Å². The zero-order chi connectivity index (χ0) is 18.0. The number of benzene rings is 2. The number of rotatable bonds is 4. The molecule has 2 N–H and O–H groups in total. The van der Waals surface area contributed by atoms with Crippen molar-refractivity contribution >= 4 is 23.5 Å². The van der Waals surface area contributed by atoms with Gasteiger partial charge in [0.25, 0.3) is 5.56 Å². The van der Waals surface area contributed by atoms with E-state index in [2.05, 4.69) is 15.6 Å². The maximum absolute atomic E-state index is 12.7. The van der Waals surface area contributed by atoms with E-state index in [0.29, 0.717) is 10.6 Å². The Kier molecular flexibility index (Phi) is 4.76. The molecule has 0 atom stereocenters. The van der Waals surface area contributed by atoms with Crippen LogP contribution in [0, 0.1) is 20.8 Å². The van der Waals surface area contributed by atoms with E-state index in [0.717, 1.165) is 22.6 Å². The van der Waals surface area contributed by atoms with Crippen molar-refractivity contribution in [3.05, 3.63) is 80.2 Å². The van der Waals surface area contributed by atoms with E-state index in [9.17, 15) is 4.79 Å². The molecule has 1 heterocycles. The molecule has 0 saturated heterocycles. The molecule has 0 unspecified atom stereocenters. The monoisotopic (exact) mass is 354 g/mol. The van der Waals surface area contributed by atoms with Gasteiger partial charge in [-0.3, -0.25) is 15.3 Å². The molecule has 0 bridgehead atoms. The Morgan fingerprint density at radius 2 is 1.80 bits per heavy atom. The van der Waals surface area contributed by atoms with Gasteiger partial charge in [0.1, 0.15) is 0 Å². The molecule has 128 valence electrons. The molecule has 0 radical (unpaired) electrons. The molecule has 0 fully saturated rings. The van der Waals surface area contributed by atoms with Crippen molar-refractivity contribution in [2.75, 3.05) is 5.43 Å². The Balaban J connectivity index is 1.86. The lowest BCUT2D eigenvalue weighted by atomic mass is 10.1. The molecule has 0 aliphatic carbocycles. The van der Waals surface area contributed by atoms with E-state index >= 15 is 0 Å². The number of hydrogen-bond acceptors (Lipinski definition) is 3. The number of nitrogens with one attached hydrogen (secondary N) is 2. The second kappa shape index (κ2) is 6.99. The highest BCUT2D eigenvalue weighted by Gasteiger charge is 2.11. The molecule has 2 aromatic carbocycles. The van der Waals surface area contributed by atoms with Gasteiger partial charge in [-0.05, 0) is 68.3 Å². The topological polar surface area (TPSA) is 62.2 Å². The molecule has 0 spiro atoms. The van der Waals surface area contributed by atoms with Crippen LogP contribution in [0.1, 0.15) is 22.4 Å². The van der Waals surface area contributed by atoms with Crippen molar-refractivity contribution in [3.8, 4) is 5.69 Å². The molecule has 5 nitrogen and oxygen atoms in total. The first-order valence-electron chi connectivity index (χ1n) is 7.89. The van der Waals surface area contributed by atoms with Crippen LogP contribution in [0.15, 0.2) is 52.4 Å². The van der Waals surface area contributed by atoms with Crippen LogP contribution in [0.25, 0.3) is 5.69 Å². The highest BCUT2D eigenvalue weighted by atomic mass is 35.5. The predicted octanol–water partition coefficient (Wildman–Crippen LogP) is 4.19. The third kappa shape index (κ3) is 3.67. The largest absolute Gasteiger partial charge is 0.295 e. The van der Waals surface area contributed by atoms with Gasteiger partial charge in [-0.1, -0.05) is 17.7 Å². The first kappa shape index (κ1) is 17.0. The number of halogens is 1. The third-order valence-corrected chi connectivity index (χ3v) is 4.35. The maximum atomic E-state index is 12.7. The molecule has 3 rings (SSSR count). The lowest BCUT2D eigenvalue weighted by Crippen LogP contribution is -2.17. The smallest absolute Gasteiger partial charge is 0.280 e. The SMILES string of the molecule is Cc1ccc(-n2[nH]c(C)c(/C=N/Nc3ccc(Cl)cc3)c2=O)cc1C. The van der Waals surface area contributed by atoms with Gasteiger partial charge in [0.15, 0.2) is 0 Å². The van der Waals surface area contributed by atoms with Gasteiger partial charge >= 0.3 is 0 Å². The minimum Gasteiger partial charge on any atom is -0.295 e. The van der Waals surface area contributed by atoms with Crippen molar-refractivity contribution in [1.29, 1.82) is 0 Å². The minimum absolute atomic E-state index is 0.137. The summed E-state index contributed by atoms with van der Waals surface area (Å²) in [4.78, 5) is 12.7. The van der Waals surface area contributed by atoms with Crippen molar-refractivity contribution in [2.45, 2.75) is 20.8 Å². The number of hydrazone groups is 1. The molecule has 1 aromatic heterocycles. The van der Waals surface area contributed by atoms with Crippen LogP contribution in [-0.4, -0.2) is 16.0 Å². The fourth-order valence-electron chi connectivity index (χ4n) is 2.45. The standard InChI is InChI=1S/C19H19ClN4O/c1-12-4-9-17(10-13(12)2)24-19(25)18(14(3)23-24)11-21-22-16-7-5-15(20)6-8-16/h4-11,22-23H,1-3H3/b21-11+. The number of aromatic amines is 1. The van der Waals surface area contributed by atoms with Gasteiger partial charge in [-0.25, -0.2) is 4.68 Å². The fraction of sp³-hybridized carbons (Fsp3) is 0.158. The van der Waals surface area contributed by atoms with Gasteiger partial charge in [0.2, 0.25) is 0 Å². The Hall–Kier alpha value is -2.79. The molecule has 6 heteroatoms. The zero-order valence-corrected chi connectivity index (χ0v) is 15.1. The first-order chi connectivity index (χ1) is 12.0. The molecule has 0 amide bonds.